The summed E-state index contributed by atoms with van der Waals surface area (Å²) in [6.07, 6.45) is 0. The van der Waals surface area contributed by atoms with Crippen LogP contribution in [-0.4, -0.2) is 22.0 Å². The van der Waals surface area contributed by atoms with Gasteiger partial charge in [0.15, 0.2) is 5.13 Å². The molecule has 1 unspecified atom stereocenters. The molecule has 0 saturated carbocycles. The third-order valence-corrected chi connectivity index (χ3v) is 7.44. The first-order valence-corrected chi connectivity index (χ1v) is 11.6. The predicted octanol–water partition coefficient (Wildman–Crippen LogP) is 5.92. The normalized spacial score (nSPS) is 16.4. The Morgan fingerprint density at radius 2 is 1.60 bits per heavy atom. The first-order chi connectivity index (χ1) is 14.1. The van der Waals surface area contributed by atoms with Crippen LogP contribution in [0, 0.1) is 27.7 Å². The molecule has 2 aromatic rings. The van der Waals surface area contributed by atoms with E-state index >= 15 is 0 Å². The lowest BCUT2D eigenvalue weighted by Gasteiger charge is -2.21. The zero-order valence-corrected chi connectivity index (χ0v) is 20.0. The number of carbonyl (C=O) groups is 2. The second-order valence-electron chi connectivity index (χ2n) is 7.73. The lowest BCUT2D eigenvalue weighted by molar-refractivity contribution is -0.113. The fraction of sp³-hybridized carbons (Fsp3) is 0.348. The van der Waals surface area contributed by atoms with Crippen molar-refractivity contribution in [3.63, 3.8) is 0 Å². The third kappa shape index (κ3) is 4.52. The second kappa shape index (κ2) is 8.78. The van der Waals surface area contributed by atoms with Crippen LogP contribution >= 0.6 is 23.1 Å². The van der Waals surface area contributed by atoms with Gasteiger partial charge in [0.2, 0.25) is 0 Å². The number of nitrogens with zero attached hydrogens (tertiary/aromatic N) is 1. The molecule has 2 heterocycles. The number of carbonyl (C=O) groups excluding carboxylic acids is 2. The second-order valence-corrected chi connectivity index (χ2v) is 9.95. The van der Waals surface area contributed by atoms with E-state index in [1.807, 2.05) is 53.7 Å². The number of allylic oxidation sites excluding steroid dienone is 2. The molecule has 0 radical (unpaired) electrons. The van der Waals surface area contributed by atoms with Crippen molar-refractivity contribution in [3.8, 4) is 0 Å². The van der Waals surface area contributed by atoms with Gasteiger partial charge < -0.3 is 5.32 Å². The van der Waals surface area contributed by atoms with Crippen LogP contribution in [0.25, 0.3) is 0 Å². The van der Waals surface area contributed by atoms with E-state index in [-0.39, 0.29) is 17.1 Å². The lowest BCUT2D eigenvalue weighted by Crippen LogP contribution is -2.23. The maximum atomic E-state index is 12.9. The highest BCUT2D eigenvalue weighted by Gasteiger charge is 2.25. The zero-order valence-electron chi connectivity index (χ0n) is 18.4. The Morgan fingerprint density at radius 3 is 2.23 bits per heavy atom. The van der Waals surface area contributed by atoms with Gasteiger partial charge in [0.25, 0.3) is 11.8 Å². The summed E-state index contributed by atoms with van der Waals surface area (Å²) in [6.45, 7) is 13.8. The molecule has 2 N–H and O–H groups in total. The minimum absolute atomic E-state index is 0.0741. The standard InChI is InChI=1S/C23H27N3O2S2/c1-11-8-12(2)19(13(3)9-11)25-22(28)20-16(6)24-23(30-20)26-21(27)18-15(5)14(4)10-29-17(18)7/h8-10,17H,1-7H3,(H,25,28)(H,24,26,27). The van der Waals surface area contributed by atoms with Crippen LogP contribution in [0.5, 0.6) is 0 Å². The van der Waals surface area contributed by atoms with Crippen LogP contribution in [0.4, 0.5) is 10.8 Å². The van der Waals surface area contributed by atoms with Crippen LogP contribution in [-0.2, 0) is 4.79 Å². The minimum Gasteiger partial charge on any atom is -0.321 e. The topological polar surface area (TPSA) is 71.1 Å². The summed E-state index contributed by atoms with van der Waals surface area (Å²) in [6, 6.07) is 4.09. The first kappa shape index (κ1) is 22.3. The molecule has 0 spiro atoms. The molecule has 2 amide bonds. The van der Waals surface area contributed by atoms with Crippen molar-refractivity contribution < 1.29 is 9.59 Å². The van der Waals surface area contributed by atoms with Gasteiger partial charge in [0.1, 0.15) is 4.88 Å². The molecule has 7 heteroatoms. The van der Waals surface area contributed by atoms with E-state index < -0.39 is 0 Å². The number of benzene rings is 1. The highest BCUT2D eigenvalue weighted by atomic mass is 32.2. The molecule has 5 nitrogen and oxygen atoms in total. The van der Waals surface area contributed by atoms with E-state index in [0.29, 0.717) is 15.7 Å². The summed E-state index contributed by atoms with van der Waals surface area (Å²) < 4.78 is 0. The van der Waals surface area contributed by atoms with Gasteiger partial charge in [-0.05, 0) is 76.1 Å². The highest BCUT2D eigenvalue weighted by molar-refractivity contribution is 8.03. The van der Waals surface area contributed by atoms with Crippen LogP contribution in [0.2, 0.25) is 0 Å². The van der Waals surface area contributed by atoms with Gasteiger partial charge in [-0.3, -0.25) is 14.9 Å². The molecule has 0 aliphatic carbocycles. The van der Waals surface area contributed by atoms with Crippen molar-refractivity contribution in [1.29, 1.82) is 0 Å². The number of thiazole rings is 1. The van der Waals surface area contributed by atoms with Crippen molar-refractivity contribution >= 4 is 45.7 Å². The van der Waals surface area contributed by atoms with Crippen LogP contribution in [0.3, 0.4) is 0 Å². The monoisotopic (exact) mass is 441 g/mol. The minimum atomic E-state index is -0.212. The molecule has 158 valence electrons. The molecule has 1 aliphatic heterocycles. The molecule has 1 aromatic heterocycles. The number of rotatable bonds is 4. The molecule has 0 fully saturated rings. The molecule has 1 atom stereocenters. The van der Waals surface area contributed by atoms with Gasteiger partial charge in [-0.1, -0.05) is 29.0 Å². The van der Waals surface area contributed by atoms with Crippen LogP contribution < -0.4 is 10.6 Å². The lowest BCUT2D eigenvalue weighted by atomic mass is 10.0. The summed E-state index contributed by atoms with van der Waals surface area (Å²) in [7, 11) is 0. The smallest absolute Gasteiger partial charge is 0.267 e. The average Bonchev–Trinajstić information content (AvgIpc) is 3.01. The van der Waals surface area contributed by atoms with E-state index in [0.717, 1.165) is 39.1 Å². The molecule has 0 bridgehead atoms. The molecular formula is C23H27N3O2S2. The summed E-state index contributed by atoms with van der Waals surface area (Å²) in [5.74, 6) is -0.373. The number of hydrogen-bond donors (Lipinski definition) is 2. The van der Waals surface area contributed by atoms with Crippen molar-refractivity contribution in [1.82, 2.24) is 4.98 Å². The summed E-state index contributed by atoms with van der Waals surface area (Å²) >= 11 is 2.83. The first-order valence-electron chi connectivity index (χ1n) is 9.79. The van der Waals surface area contributed by atoms with Crippen molar-refractivity contribution in [3.05, 3.63) is 61.5 Å². The van der Waals surface area contributed by atoms with E-state index in [1.165, 1.54) is 11.3 Å². The number of thioether (sulfide) groups is 1. The average molecular weight is 442 g/mol. The Hall–Kier alpha value is -2.38. The van der Waals surface area contributed by atoms with E-state index in [1.54, 1.807) is 18.7 Å². The maximum absolute atomic E-state index is 12.9. The summed E-state index contributed by atoms with van der Waals surface area (Å²) in [4.78, 5) is 30.7. The number of anilines is 2. The number of amides is 2. The largest absolute Gasteiger partial charge is 0.321 e. The SMILES string of the molecule is CC1=CSC(C)C(C(=O)Nc2nc(C)c(C(=O)Nc3c(C)cc(C)cc3C)s2)=C1C. The highest BCUT2D eigenvalue weighted by Crippen LogP contribution is 2.34. The maximum Gasteiger partial charge on any atom is 0.267 e. The van der Waals surface area contributed by atoms with E-state index in [4.69, 9.17) is 0 Å². The van der Waals surface area contributed by atoms with Gasteiger partial charge >= 0.3 is 0 Å². The van der Waals surface area contributed by atoms with Crippen molar-refractivity contribution in [2.75, 3.05) is 10.6 Å². The Morgan fingerprint density at radius 1 is 0.967 bits per heavy atom. The Bertz CT molecular complexity index is 1070. The van der Waals surface area contributed by atoms with Gasteiger partial charge in [-0.15, -0.1) is 11.8 Å². The number of aromatic nitrogens is 1. The fourth-order valence-corrected chi connectivity index (χ4v) is 5.47. The number of nitrogens with one attached hydrogen (secondary N) is 2. The van der Waals surface area contributed by atoms with Crippen molar-refractivity contribution in [2.45, 2.75) is 53.7 Å². The molecule has 0 saturated heterocycles. The van der Waals surface area contributed by atoms with Crippen molar-refractivity contribution in [2.24, 2.45) is 0 Å². The van der Waals surface area contributed by atoms with Gasteiger partial charge in [-0.2, -0.15) is 0 Å². The Balaban J connectivity index is 1.80. The Kier molecular flexibility index (Phi) is 6.53. The zero-order chi connectivity index (χ0) is 22.2. The molecule has 30 heavy (non-hydrogen) atoms. The van der Waals surface area contributed by atoms with Gasteiger partial charge in [-0.25, -0.2) is 4.98 Å². The predicted molar refractivity (Wildman–Crippen MR) is 128 cm³/mol. The van der Waals surface area contributed by atoms with E-state index in [2.05, 4.69) is 21.0 Å². The Labute approximate surface area is 186 Å². The van der Waals surface area contributed by atoms with E-state index in [9.17, 15) is 9.59 Å². The third-order valence-electron chi connectivity index (χ3n) is 5.23. The van der Waals surface area contributed by atoms with Gasteiger partial charge in [0, 0.05) is 16.5 Å². The summed E-state index contributed by atoms with van der Waals surface area (Å²) in [5.41, 5.74) is 7.47. The number of aryl methyl sites for hydroxylation is 4. The number of hydrogen-bond acceptors (Lipinski definition) is 5. The molecule has 3 rings (SSSR count). The fourth-order valence-electron chi connectivity index (χ4n) is 3.61. The molecule has 1 aliphatic rings. The summed E-state index contributed by atoms with van der Waals surface area (Å²) in [5, 5.41) is 8.50. The van der Waals surface area contributed by atoms with Gasteiger partial charge in [0.05, 0.1) is 5.69 Å². The quantitative estimate of drug-likeness (QED) is 0.617. The van der Waals surface area contributed by atoms with Crippen LogP contribution in [0.15, 0.2) is 34.3 Å². The van der Waals surface area contributed by atoms with Crippen LogP contribution in [0.1, 0.15) is 52.8 Å². The molecule has 1 aromatic carbocycles. The molecular weight excluding hydrogens is 414 g/mol.